The Labute approximate surface area is 86.4 Å². The summed E-state index contributed by atoms with van der Waals surface area (Å²) < 4.78 is 0. The van der Waals surface area contributed by atoms with E-state index in [2.05, 4.69) is 32.9 Å². The Bertz CT molecular complexity index is 347. The van der Waals surface area contributed by atoms with Crippen LogP contribution in [0.2, 0.25) is 0 Å². The largest absolute Gasteiger partial charge is 0.192 e. The van der Waals surface area contributed by atoms with Crippen LogP contribution in [0.5, 0.6) is 0 Å². The maximum atomic E-state index is 8.98. The number of hydrogen-bond acceptors (Lipinski definition) is 1. The molecule has 1 nitrogen and oxygen atoms in total. The molecule has 0 amide bonds. The van der Waals surface area contributed by atoms with Gasteiger partial charge in [0.15, 0.2) is 0 Å². The first-order valence-corrected chi connectivity index (χ1v) is 5.26. The van der Waals surface area contributed by atoms with Crippen LogP contribution in [0, 0.1) is 11.3 Å². The summed E-state index contributed by atoms with van der Waals surface area (Å²) >= 11 is 0. The van der Waals surface area contributed by atoms with Crippen LogP contribution in [-0.4, -0.2) is 0 Å². The van der Waals surface area contributed by atoms with E-state index in [0.29, 0.717) is 5.92 Å². The minimum Gasteiger partial charge on any atom is -0.192 e. The van der Waals surface area contributed by atoms with Gasteiger partial charge in [0.05, 0.1) is 11.6 Å². The Balaban J connectivity index is 3.23. The van der Waals surface area contributed by atoms with Crippen molar-refractivity contribution in [1.82, 2.24) is 0 Å². The van der Waals surface area contributed by atoms with Crippen molar-refractivity contribution in [2.24, 2.45) is 0 Å². The summed E-state index contributed by atoms with van der Waals surface area (Å²) in [6.07, 6.45) is 2.07. The highest BCUT2D eigenvalue weighted by molar-refractivity contribution is 5.44. The van der Waals surface area contributed by atoms with Crippen LogP contribution in [0.15, 0.2) is 18.2 Å². The molecule has 74 valence electrons. The third-order valence-electron chi connectivity index (χ3n) is 2.83. The summed E-state index contributed by atoms with van der Waals surface area (Å²) in [5.41, 5.74) is 3.41. The van der Waals surface area contributed by atoms with E-state index in [-0.39, 0.29) is 0 Å². The molecule has 0 saturated carbocycles. The highest BCUT2D eigenvalue weighted by Gasteiger charge is 2.10. The molecule has 0 aliphatic heterocycles. The third-order valence-corrected chi connectivity index (χ3v) is 2.83. The highest BCUT2D eigenvalue weighted by Crippen LogP contribution is 2.25. The van der Waals surface area contributed by atoms with E-state index in [9.17, 15) is 0 Å². The van der Waals surface area contributed by atoms with E-state index in [1.807, 2.05) is 12.1 Å². The molecule has 1 rings (SSSR count). The number of nitrogens with zero attached hydrogens (tertiary/aromatic N) is 1. The molecule has 0 saturated heterocycles. The van der Waals surface area contributed by atoms with Crippen LogP contribution in [0.3, 0.4) is 0 Å². The van der Waals surface area contributed by atoms with Crippen LogP contribution in [-0.2, 0) is 6.42 Å². The number of rotatable bonds is 3. The summed E-state index contributed by atoms with van der Waals surface area (Å²) in [6, 6.07) is 8.31. The Morgan fingerprint density at radius 1 is 1.36 bits per heavy atom. The van der Waals surface area contributed by atoms with Gasteiger partial charge in [0.1, 0.15) is 0 Å². The Morgan fingerprint density at radius 2 is 2.07 bits per heavy atom. The van der Waals surface area contributed by atoms with Gasteiger partial charge in [-0.1, -0.05) is 32.9 Å². The molecule has 0 aliphatic rings. The predicted octanol–water partition coefficient (Wildman–Crippen LogP) is 3.63. The van der Waals surface area contributed by atoms with E-state index < -0.39 is 0 Å². The molecule has 14 heavy (non-hydrogen) atoms. The lowest BCUT2D eigenvalue weighted by Crippen LogP contribution is -2.00. The zero-order chi connectivity index (χ0) is 10.6. The second-order valence-electron chi connectivity index (χ2n) is 3.65. The molecule has 0 N–H and O–H groups in total. The van der Waals surface area contributed by atoms with Crippen LogP contribution in [0.4, 0.5) is 0 Å². The predicted molar refractivity (Wildman–Crippen MR) is 59.2 cm³/mol. The lowest BCUT2D eigenvalue weighted by Gasteiger charge is -2.14. The molecule has 0 radical (unpaired) electrons. The minimum atomic E-state index is 0.554. The zero-order valence-electron chi connectivity index (χ0n) is 9.17. The first kappa shape index (κ1) is 10.8. The van der Waals surface area contributed by atoms with E-state index >= 15 is 0 Å². The quantitative estimate of drug-likeness (QED) is 0.708. The fourth-order valence-electron chi connectivity index (χ4n) is 1.79. The van der Waals surface area contributed by atoms with E-state index in [1.54, 1.807) is 0 Å². The first-order chi connectivity index (χ1) is 6.74. The highest BCUT2D eigenvalue weighted by atomic mass is 14.3. The summed E-state index contributed by atoms with van der Waals surface area (Å²) in [6.45, 7) is 6.51. The molecule has 0 bridgehead atoms. The van der Waals surface area contributed by atoms with Crippen molar-refractivity contribution in [1.29, 1.82) is 5.26 Å². The average Bonchev–Trinajstić information content (AvgIpc) is 2.26. The van der Waals surface area contributed by atoms with E-state index in [0.717, 1.165) is 18.4 Å². The topological polar surface area (TPSA) is 23.8 Å². The normalized spacial score (nSPS) is 12.1. The molecule has 1 heteroatoms. The van der Waals surface area contributed by atoms with Crippen molar-refractivity contribution in [3.8, 4) is 6.07 Å². The van der Waals surface area contributed by atoms with Crippen LogP contribution >= 0.6 is 0 Å². The van der Waals surface area contributed by atoms with E-state index in [1.165, 1.54) is 11.1 Å². The van der Waals surface area contributed by atoms with Gasteiger partial charge in [0, 0.05) is 0 Å². The van der Waals surface area contributed by atoms with Crippen molar-refractivity contribution < 1.29 is 0 Å². The standard InChI is InChI=1S/C13H17N/c1-4-10(3)13-8-6-7-11(9-14)12(13)5-2/h6-8,10H,4-5H2,1-3H3. The monoisotopic (exact) mass is 187 g/mol. The maximum absolute atomic E-state index is 8.98. The molecular formula is C13H17N. The second-order valence-corrected chi connectivity index (χ2v) is 3.65. The van der Waals surface area contributed by atoms with Gasteiger partial charge in [0.2, 0.25) is 0 Å². The zero-order valence-corrected chi connectivity index (χ0v) is 9.17. The van der Waals surface area contributed by atoms with Crippen molar-refractivity contribution in [3.05, 3.63) is 34.9 Å². The smallest absolute Gasteiger partial charge is 0.0994 e. The fourth-order valence-corrected chi connectivity index (χ4v) is 1.79. The molecule has 1 atom stereocenters. The summed E-state index contributed by atoms with van der Waals surface area (Å²) in [4.78, 5) is 0. The second kappa shape index (κ2) is 4.81. The van der Waals surface area contributed by atoms with Gasteiger partial charge >= 0.3 is 0 Å². The maximum Gasteiger partial charge on any atom is 0.0994 e. The van der Waals surface area contributed by atoms with Gasteiger partial charge in [-0.2, -0.15) is 5.26 Å². The minimum absolute atomic E-state index is 0.554. The van der Waals surface area contributed by atoms with Crippen molar-refractivity contribution >= 4 is 0 Å². The molecule has 1 aromatic carbocycles. The Hall–Kier alpha value is -1.29. The van der Waals surface area contributed by atoms with Crippen LogP contribution < -0.4 is 0 Å². The summed E-state index contributed by atoms with van der Waals surface area (Å²) in [5.74, 6) is 0.554. The van der Waals surface area contributed by atoms with Crippen molar-refractivity contribution in [2.75, 3.05) is 0 Å². The van der Waals surface area contributed by atoms with Gasteiger partial charge in [-0.05, 0) is 36.0 Å². The molecular weight excluding hydrogens is 170 g/mol. The number of benzene rings is 1. The lowest BCUT2D eigenvalue weighted by atomic mass is 9.90. The SMILES string of the molecule is CCc1c(C#N)cccc1C(C)CC. The molecule has 0 heterocycles. The van der Waals surface area contributed by atoms with Gasteiger partial charge in [0.25, 0.3) is 0 Å². The number of hydrogen-bond donors (Lipinski definition) is 0. The molecule has 0 aromatic heterocycles. The van der Waals surface area contributed by atoms with Crippen molar-refractivity contribution in [3.63, 3.8) is 0 Å². The van der Waals surface area contributed by atoms with Gasteiger partial charge in [-0.3, -0.25) is 0 Å². The molecule has 1 unspecified atom stereocenters. The molecule has 0 fully saturated rings. The third kappa shape index (κ3) is 1.96. The fraction of sp³-hybridized carbons (Fsp3) is 0.462. The summed E-state index contributed by atoms with van der Waals surface area (Å²) in [5, 5.41) is 8.98. The van der Waals surface area contributed by atoms with Gasteiger partial charge in [-0.25, -0.2) is 0 Å². The Morgan fingerprint density at radius 3 is 2.57 bits per heavy atom. The average molecular weight is 187 g/mol. The van der Waals surface area contributed by atoms with Gasteiger partial charge < -0.3 is 0 Å². The molecule has 1 aromatic rings. The van der Waals surface area contributed by atoms with Crippen LogP contribution in [0.1, 0.15) is 49.8 Å². The van der Waals surface area contributed by atoms with E-state index in [4.69, 9.17) is 5.26 Å². The summed E-state index contributed by atoms with van der Waals surface area (Å²) in [7, 11) is 0. The van der Waals surface area contributed by atoms with Crippen LogP contribution in [0.25, 0.3) is 0 Å². The molecule has 0 spiro atoms. The van der Waals surface area contributed by atoms with Gasteiger partial charge in [-0.15, -0.1) is 0 Å². The first-order valence-electron chi connectivity index (χ1n) is 5.26. The lowest BCUT2D eigenvalue weighted by molar-refractivity contribution is 0.723. The Kier molecular flexibility index (Phi) is 3.71. The molecule has 0 aliphatic carbocycles. The van der Waals surface area contributed by atoms with Crippen molar-refractivity contribution in [2.45, 2.75) is 39.5 Å². The number of nitriles is 1.